The second-order valence-electron chi connectivity index (χ2n) is 1.54. The highest BCUT2D eigenvalue weighted by atomic mass is 35.5. The molecule has 0 saturated heterocycles. The molecular formula is C5H4ClNO3. The second-order valence-corrected chi connectivity index (χ2v) is 1.76. The molecule has 0 bridgehead atoms. The first-order chi connectivity index (χ1) is 4.75. The van der Waals surface area contributed by atoms with Crippen molar-refractivity contribution >= 4 is 23.4 Å². The van der Waals surface area contributed by atoms with E-state index in [1.807, 2.05) is 0 Å². The van der Waals surface area contributed by atoms with Crippen LogP contribution in [0.2, 0.25) is 0 Å². The van der Waals surface area contributed by atoms with Gasteiger partial charge in [-0.05, 0) is 0 Å². The Balaban J connectivity index is 2.60. The number of alkyl halides is 1. The van der Waals surface area contributed by atoms with E-state index in [1.54, 1.807) is 0 Å². The minimum Gasteiger partial charge on any atom is -0.267 e. The predicted molar refractivity (Wildman–Crippen MR) is 32.8 cm³/mol. The number of hydrogen-bond acceptors (Lipinski definition) is 3. The highest BCUT2D eigenvalue weighted by Crippen LogP contribution is 2.03. The van der Waals surface area contributed by atoms with Gasteiger partial charge < -0.3 is 0 Å². The van der Waals surface area contributed by atoms with Gasteiger partial charge in [-0.15, -0.1) is 5.06 Å². The molecule has 0 saturated carbocycles. The van der Waals surface area contributed by atoms with Gasteiger partial charge in [0.1, 0.15) is 6.07 Å². The van der Waals surface area contributed by atoms with Crippen LogP contribution in [0.15, 0.2) is 12.2 Å². The van der Waals surface area contributed by atoms with Gasteiger partial charge in [-0.2, -0.15) is 0 Å². The number of rotatable bonds is 2. The Morgan fingerprint density at radius 1 is 1.40 bits per heavy atom. The largest absolute Gasteiger partial charge is 0.278 e. The molecule has 54 valence electrons. The van der Waals surface area contributed by atoms with E-state index < -0.39 is 11.8 Å². The topological polar surface area (TPSA) is 46.6 Å². The third-order valence-electron chi connectivity index (χ3n) is 0.947. The monoisotopic (exact) mass is 161 g/mol. The van der Waals surface area contributed by atoms with Gasteiger partial charge >= 0.3 is 0 Å². The Labute approximate surface area is 62.0 Å². The molecule has 0 aliphatic carbocycles. The van der Waals surface area contributed by atoms with Crippen LogP contribution in [0, 0.1) is 0 Å². The zero-order valence-corrected chi connectivity index (χ0v) is 5.67. The summed E-state index contributed by atoms with van der Waals surface area (Å²) in [6.07, 6.45) is 2.24. The third-order valence-corrected chi connectivity index (χ3v) is 1.04. The Bertz CT molecular complexity index is 183. The van der Waals surface area contributed by atoms with Gasteiger partial charge in [0.05, 0.1) is 0 Å². The molecule has 0 atom stereocenters. The molecule has 4 nitrogen and oxygen atoms in total. The quantitative estimate of drug-likeness (QED) is 0.424. The maximum absolute atomic E-state index is 10.6. The molecule has 0 aromatic carbocycles. The van der Waals surface area contributed by atoms with Gasteiger partial charge in [0.2, 0.25) is 0 Å². The van der Waals surface area contributed by atoms with E-state index in [9.17, 15) is 9.59 Å². The van der Waals surface area contributed by atoms with Crippen molar-refractivity contribution in [3.05, 3.63) is 12.2 Å². The molecule has 0 aromatic rings. The normalized spacial score (nSPS) is 17.1. The lowest BCUT2D eigenvalue weighted by molar-refractivity contribution is -0.180. The summed E-state index contributed by atoms with van der Waals surface area (Å²) < 4.78 is 0. The second kappa shape index (κ2) is 2.81. The van der Waals surface area contributed by atoms with Crippen molar-refractivity contribution in [1.29, 1.82) is 0 Å². The first kappa shape index (κ1) is 7.24. The molecule has 1 aliphatic heterocycles. The molecule has 1 heterocycles. The fourth-order valence-electron chi connectivity index (χ4n) is 0.563. The summed E-state index contributed by atoms with van der Waals surface area (Å²) in [4.78, 5) is 25.7. The standard InChI is InChI=1S/C5H4ClNO3/c6-3-10-7-4(8)1-2-5(7)9/h1-2H,3H2. The van der Waals surface area contributed by atoms with Crippen LogP contribution < -0.4 is 0 Å². The van der Waals surface area contributed by atoms with Crippen LogP contribution in [0.1, 0.15) is 0 Å². The van der Waals surface area contributed by atoms with Crippen LogP contribution in [0.4, 0.5) is 0 Å². The van der Waals surface area contributed by atoms with Crippen molar-refractivity contribution in [3.8, 4) is 0 Å². The molecule has 5 heteroatoms. The van der Waals surface area contributed by atoms with Crippen LogP contribution in [0.5, 0.6) is 0 Å². The molecule has 0 unspecified atom stereocenters. The van der Waals surface area contributed by atoms with E-state index in [0.717, 1.165) is 12.2 Å². The Morgan fingerprint density at radius 3 is 2.30 bits per heavy atom. The lowest BCUT2D eigenvalue weighted by Crippen LogP contribution is -2.29. The molecule has 1 rings (SSSR count). The molecule has 0 radical (unpaired) electrons. The highest BCUT2D eigenvalue weighted by molar-refractivity contribution is 6.17. The fraction of sp³-hybridized carbons (Fsp3) is 0.200. The van der Waals surface area contributed by atoms with Crippen molar-refractivity contribution in [3.63, 3.8) is 0 Å². The maximum atomic E-state index is 10.6. The van der Waals surface area contributed by atoms with Gasteiger partial charge in [-0.3, -0.25) is 9.59 Å². The SMILES string of the molecule is O=C1C=CC(=O)N1OCCl. The summed E-state index contributed by atoms with van der Waals surface area (Å²) in [6, 6.07) is -0.209. The number of imide groups is 1. The lowest BCUT2D eigenvalue weighted by atomic mass is 10.6. The van der Waals surface area contributed by atoms with Crippen molar-refractivity contribution in [2.24, 2.45) is 0 Å². The number of halogens is 1. The summed E-state index contributed by atoms with van der Waals surface area (Å²) in [5.74, 6) is -0.990. The smallest absolute Gasteiger partial charge is 0.267 e. The van der Waals surface area contributed by atoms with Crippen molar-refractivity contribution in [2.75, 3.05) is 6.07 Å². The Hall–Kier alpha value is -0.870. The molecule has 10 heavy (non-hydrogen) atoms. The maximum Gasteiger partial charge on any atom is 0.278 e. The Kier molecular flexibility index (Phi) is 2.03. The summed E-state index contributed by atoms with van der Waals surface area (Å²) in [7, 11) is 0. The van der Waals surface area contributed by atoms with E-state index in [4.69, 9.17) is 11.6 Å². The van der Waals surface area contributed by atoms with Crippen LogP contribution in [0.3, 0.4) is 0 Å². The van der Waals surface area contributed by atoms with Gasteiger partial charge in [0.15, 0.2) is 0 Å². The van der Waals surface area contributed by atoms with E-state index in [-0.39, 0.29) is 6.07 Å². The number of carbonyl (C=O) groups is 2. The van der Waals surface area contributed by atoms with E-state index in [0.29, 0.717) is 5.06 Å². The van der Waals surface area contributed by atoms with E-state index in [1.165, 1.54) is 0 Å². The zero-order valence-electron chi connectivity index (χ0n) is 4.91. The van der Waals surface area contributed by atoms with Gasteiger partial charge in [0.25, 0.3) is 11.8 Å². The van der Waals surface area contributed by atoms with Gasteiger partial charge in [0, 0.05) is 12.2 Å². The summed E-state index contributed by atoms with van der Waals surface area (Å²) in [5, 5.41) is 0.604. The summed E-state index contributed by atoms with van der Waals surface area (Å²) >= 11 is 5.12. The third kappa shape index (κ3) is 1.17. The van der Waals surface area contributed by atoms with E-state index in [2.05, 4.69) is 4.84 Å². The molecule has 0 fully saturated rings. The minimum atomic E-state index is -0.495. The van der Waals surface area contributed by atoms with Crippen LogP contribution >= 0.6 is 11.6 Å². The van der Waals surface area contributed by atoms with Crippen LogP contribution in [0.25, 0.3) is 0 Å². The van der Waals surface area contributed by atoms with E-state index >= 15 is 0 Å². The molecular weight excluding hydrogens is 158 g/mol. The Morgan fingerprint density at radius 2 is 1.90 bits per heavy atom. The number of hydroxylamine groups is 2. The molecule has 0 aromatic heterocycles. The number of carbonyl (C=O) groups excluding carboxylic acids is 2. The predicted octanol–water partition coefficient (Wildman–Crippen LogP) is 0.0393. The average molecular weight is 162 g/mol. The van der Waals surface area contributed by atoms with Crippen LogP contribution in [-0.2, 0) is 14.4 Å². The zero-order chi connectivity index (χ0) is 7.56. The number of amides is 2. The molecule has 1 aliphatic rings. The lowest BCUT2D eigenvalue weighted by Gasteiger charge is -2.09. The minimum absolute atomic E-state index is 0.209. The average Bonchev–Trinajstić information content (AvgIpc) is 2.20. The van der Waals surface area contributed by atoms with Crippen LogP contribution in [-0.4, -0.2) is 22.9 Å². The number of hydrogen-bond donors (Lipinski definition) is 0. The summed E-state index contributed by atoms with van der Waals surface area (Å²) in [5.41, 5.74) is 0. The first-order valence-corrected chi connectivity index (χ1v) is 3.04. The first-order valence-electron chi connectivity index (χ1n) is 2.50. The van der Waals surface area contributed by atoms with Crippen molar-refractivity contribution < 1.29 is 14.4 Å². The van der Waals surface area contributed by atoms with Crippen molar-refractivity contribution in [1.82, 2.24) is 5.06 Å². The van der Waals surface area contributed by atoms with Crippen molar-refractivity contribution in [2.45, 2.75) is 0 Å². The highest BCUT2D eigenvalue weighted by Gasteiger charge is 2.23. The van der Waals surface area contributed by atoms with Gasteiger partial charge in [-0.1, -0.05) is 11.6 Å². The number of nitrogens with zero attached hydrogens (tertiary/aromatic N) is 1. The van der Waals surface area contributed by atoms with Gasteiger partial charge in [-0.25, -0.2) is 4.84 Å². The fourth-order valence-corrected chi connectivity index (χ4v) is 0.660. The molecule has 0 N–H and O–H groups in total. The molecule has 2 amide bonds. The molecule has 0 spiro atoms. The summed E-state index contributed by atoms with van der Waals surface area (Å²) in [6.45, 7) is 0.